The highest BCUT2D eigenvalue weighted by molar-refractivity contribution is 6.32. The van der Waals surface area contributed by atoms with E-state index < -0.39 is 0 Å². The van der Waals surface area contributed by atoms with Gasteiger partial charge >= 0.3 is 0 Å². The summed E-state index contributed by atoms with van der Waals surface area (Å²) >= 11 is 12.7. The van der Waals surface area contributed by atoms with Crippen molar-refractivity contribution in [3.05, 3.63) is 45.1 Å². The Bertz CT molecular complexity index is 1070. The van der Waals surface area contributed by atoms with Crippen molar-refractivity contribution in [1.82, 2.24) is 24.6 Å². The van der Waals surface area contributed by atoms with Crippen molar-refractivity contribution in [2.24, 2.45) is 5.92 Å². The highest BCUT2D eigenvalue weighted by Gasteiger charge is 2.34. The second-order valence-corrected chi connectivity index (χ2v) is 9.97. The van der Waals surface area contributed by atoms with Gasteiger partial charge in [0.1, 0.15) is 11.2 Å². The molecule has 1 N–H and O–H groups in total. The van der Waals surface area contributed by atoms with E-state index in [0.29, 0.717) is 17.3 Å². The zero-order valence-corrected chi connectivity index (χ0v) is 18.7. The number of fused-ring (bicyclic) bond motifs is 1. The van der Waals surface area contributed by atoms with Gasteiger partial charge in [0.2, 0.25) is 0 Å². The lowest BCUT2D eigenvalue weighted by atomic mass is 9.97. The first-order valence-electron chi connectivity index (χ1n) is 10.9. The van der Waals surface area contributed by atoms with Gasteiger partial charge in [0.05, 0.1) is 17.6 Å². The molecule has 1 unspecified atom stereocenters. The number of aromatic nitrogens is 4. The molecule has 0 aromatic carbocycles. The summed E-state index contributed by atoms with van der Waals surface area (Å²) in [5.74, 6) is 1.34. The number of rotatable bonds is 4. The molecule has 5 rings (SSSR count). The summed E-state index contributed by atoms with van der Waals surface area (Å²) in [5.41, 5.74) is 1.81. The van der Waals surface area contributed by atoms with Crippen molar-refractivity contribution in [2.45, 2.75) is 56.4 Å². The van der Waals surface area contributed by atoms with Crippen molar-refractivity contribution in [2.75, 3.05) is 19.6 Å². The highest BCUT2D eigenvalue weighted by Crippen LogP contribution is 2.34. The Kier molecular flexibility index (Phi) is 5.50. The number of aromatic amines is 1. The average molecular weight is 448 g/mol. The van der Waals surface area contributed by atoms with Crippen molar-refractivity contribution < 1.29 is 0 Å². The molecular weight excluding hydrogens is 421 g/mol. The second kappa shape index (κ2) is 8.13. The Morgan fingerprint density at radius 1 is 1.27 bits per heavy atom. The van der Waals surface area contributed by atoms with Crippen LogP contribution in [-0.4, -0.2) is 49.7 Å². The summed E-state index contributed by atoms with van der Waals surface area (Å²) in [6.45, 7) is 4.81. The SMILES string of the molecule is C[C@@H]1CN(CC2=CC(Cl)=CCC2Cl)C[C@H]1c1nc2c(cnn2C2CCCC2)c(=O)[nH]1. The molecule has 30 heavy (non-hydrogen) atoms. The van der Waals surface area contributed by atoms with Gasteiger partial charge in [0.15, 0.2) is 5.65 Å². The van der Waals surface area contributed by atoms with Gasteiger partial charge in [-0.2, -0.15) is 5.10 Å². The molecule has 2 fully saturated rings. The molecule has 0 spiro atoms. The molecule has 160 valence electrons. The van der Waals surface area contributed by atoms with Gasteiger partial charge in [-0.25, -0.2) is 9.67 Å². The predicted octanol–water partition coefficient (Wildman–Crippen LogP) is 4.33. The fourth-order valence-electron chi connectivity index (χ4n) is 5.19. The van der Waals surface area contributed by atoms with Gasteiger partial charge in [-0.05, 0) is 36.8 Å². The van der Waals surface area contributed by atoms with Crippen LogP contribution in [-0.2, 0) is 0 Å². The first-order valence-corrected chi connectivity index (χ1v) is 11.7. The third kappa shape index (κ3) is 3.74. The first kappa shape index (κ1) is 20.3. The van der Waals surface area contributed by atoms with Crippen LogP contribution in [0.1, 0.15) is 56.8 Å². The molecule has 2 aliphatic carbocycles. The Morgan fingerprint density at radius 3 is 2.87 bits per heavy atom. The quantitative estimate of drug-likeness (QED) is 0.708. The number of hydrogen-bond donors (Lipinski definition) is 1. The van der Waals surface area contributed by atoms with Crippen LogP contribution < -0.4 is 5.56 Å². The Morgan fingerprint density at radius 2 is 2.07 bits per heavy atom. The minimum absolute atomic E-state index is 0.00287. The van der Waals surface area contributed by atoms with Gasteiger partial charge in [0.25, 0.3) is 5.56 Å². The molecule has 6 nitrogen and oxygen atoms in total. The summed E-state index contributed by atoms with van der Waals surface area (Å²) < 4.78 is 1.98. The highest BCUT2D eigenvalue weighted by atomic mass is 35.5. The molecule has 2 aromatic heterocycles. The summed E-state index contributed by atoms with van der Waals surface area (Å²) in [6, 6.07) is 0.360. The average Bonchev–Trinajstić information content (AvgIpc) is 3.44. The summed E-state index contributed by atoms with van der Waals surface area (Å²) in [4.78, 5) is 23.1. The third-order valence-electron chi connectivity index (χ3n) is 6.84. The van der Waals surface area contributed by atoms with Crippen LogP contribution in [0, 0.1) is 5.92 Å². The largest absolute Gasteiger partial charge is 0.310 e. The van der Waals surface area contributed by atoms with Crippen LogP contribution >= 0.6 is 23.2 Å². The molecule has 3 heterocycles. The van der Waals surface area contributed by atoms with Gasteiger partial charge in [0, 0.05) is 30.6 Å². The number of hydrogen-bond acceptors (Lipinski definition) is 4. The second-order valence-electron chi connectivity index (χ2n) is 9.01. The fraction of sp³-hybridized carbons (Fsp3) is 0.591. The number of nitrogens with one attached hydrogen (secondary N) is 1. The van der Waals surface area contributed by atoms with E-state index >= 15 is 0 Å². The molecule has 0 amide bonds. The van der Waals surface area contributed by atoms with Crippen LogP contribution in [0.25, 0.3) is 11.0 Å². The van der Waals surface area contributed by atoms with E-state index in [0.717, 1.165) is 61.0 Å². The lowest BCUT2D eigenvalue weighted by Crippen LogP contribution is -2.27. The standard InChI is InChI=1S/C22H27Cl2N5O/c1-13-10-28(11-14-8-15(23)6-7-19(14)24)12-18(13)20-26-21-17(22(30)27-20)9-25-29(21)16-4-2-3-5-16/h6,8-9,13,16,18-19H,2-5,7,10-12H2,1H3,(H,26,27,30)/t13-,18-,19?/m1/s1. The van der Waals surface area contributed by atoms with Crippen LogP contribution in [0.15, 0.2) is 33.7 Å². The van der Waals surface area contributed by atoms with E-state index in [1.165, 1.54) is 12.8 Å². The molecule has 8 heteroatoms. The van der Waals surface area contributed by atoms with Crippen LogP contribution in [0.4, 0.5) is 0 Å². The molecule has 1 saturated heterocycles. The molecule has 2 aromatic rings. The zero-order valence-electron chi connectivity index (χ0n) is 17.2. The van der Waals surface area contributed by atoms with E-state index in [-0.39, 0.29) is 16.9 Å². The Labute approximate surface area is 185 Å². The maximum Gasteiger partial charge on any atom is 0.262 e. The lowest BCUT2D eigenvalue weighted by Gasteiger charge is -2.23. The topological polar surface area (TPSA) is 66.8 Å². The smallest absolute Gasteiger partial charge is 0.262 e. The van der Waals surface area contributed by atoms with Crippen molar-refractivity contribution >= 4 is 34.2 Å². The van der Waals surface area contributed by atoms with Gasteiger partial charge < -0.3 is 4.98 Å². The number of alkyl halides is 1. The van der Waals surface area contributed by atoms with Crippen LogP contribution in [0.2, 0.25) is 0 Å². The number of H-pyrrole nitrogens is 1. The van der Waals surface area contributed by atoms with E-state index in [2.05, 4.69) is 21.9 Å². The molecule has 3 aliphatic rings. The first-order chi connectivity index (χ1) is 14.5. The minimum atomic E-state index is -0.0855. The number of allylic oxidation sites excluding steroid dienone is 3. The number of likely N-dealkylation sites (tertiary alicyclic amines) is 1. The van der Waals surface area contributed by atoms with Crippen molar-refractivity contribution in [3.8, 4) is 0 Å². The minimum Gasteiger partial charge on any atom is -0.310 e. The summed E-state index contributed by atoms with van der Waals surface area (Å²) in [6.07, 6.45) is 11.1. The fourth-order valence-corrected chi connectivity index (χ4v) is 5.64. The summed E-state index contributed by atoms with van der Waals surface area (Å²) in [7, 11) is 0. The lowest BCUT2D eigenvalue weighted by molar-refractivity contribution is 0.350. The molecule has 0 radical (unpaired) electrons. The molecular formula is C22H27Cl2N5O. The third-order valence-corrected chi connectivity index (χ3v) is 7.56. The normalized spacial score (nSPS) is 28.3. The van der Waals surface area contributed by atoms with Gasteiger partial charge in [-0.1, -0.05) is 37.4 Å². The van der Waals surface area contributed by atoms with Gasteiger partial charge in [-0.15, -0.1) is 11.6 Å². The Balaban J connectivity index is 1.40. The zero-order chi connectivity index (χ0) is 20.8. The Hall–Kier alpha value is -1.63. The van der Waals surface area contributed by atoms with Crippen LogP contribution in [0.3, 0.4) is 0 Å². The number of nitrogens with zero attached hydrogens (tertiary/aromatic N) is 4. The van der Waals surface area contributed by atoms with E-state index in [1.54, 1.807) is 6.20 Å². The molecule has 0 bridgehead atoms. The van der Waals surface area contributed by atoms with E-state index in [4.69, 9.17) is 28.2 Å². The summed E-state index contributed by atoms with van der Waals surface area (Å²) in [5, 5.41) is 5.87. The predicted molar refractivity (Wildman–Crippen MR) is 120 cm³/mol. The monoisotopic (exact) mass is 447 g/mol. The maximum absolute atomic E-state index is 12.8. The number of halogens is 2. The van der Waals surface area contributed by atoms with Crippen molar-refractivity contribution in [1.29, 1.82) is 0 Å². The van der Waals surface area contributed by atoms with Gasteiger partial charge in [-0.3, -0.25) is 9.69 Å². The van der Waals surface area contributed by atoms with Crippen LogP contribution in [0.5, 0.6) is 0 Å². The van der Waals surface area contributed by atoms with E-state index in [9.17, 15) is 4.79 Å². The van der Waals surface area contributed by atoms with Crippen molar-refractivity contribution in [3.63, 3.8) is 0 Å². The molecule has 1 aliphatic heterocycles. The van der Waals surface area contributed by atoms with E-state index in [1.807, 2.05) is 16.8 Å². The molecule has 3 atom stereocenters. The molecule has 1 saturated carbocycles. The maximum atomic E-state index is 12.8.